The average molecular weight is 493 g/mol. The van der Waals surface area contributed by atoms with Gasteiger partial charge in [-0.2, -0.15) is 0 Å². The van der Waals surface area contributed by atoms with E-state index in [1.807, 2.05) is 42.5 Å². The fraction of sp³-hybridized carbons (Fsp3) is 0.448. The molecule has 1 heterocycles. The lowest BCUT2D eigenvalue weighted by molar-refractivity contribution is -0.129. The molecule has 1 aliphatic carbocycles. The van der Waals surface area contributed by atoms with Crippen LogP contribution in [0.5, 0.6) is 17.2 Å². The number of piperidine rings is 1. The molecule has 2 atom stereocenters. The largest absolute Gasteiger partial charge is 0.497 e. The van der Waals surface area contributed by atoms with E-state index in [1.165, 1.54) is 18.4 Å². The zero-order chi connectivity index (χ0) is 25.5. The first-order chi connectivity index (χ1) is 17.5. The van der Waals surface area contributed by atoms with E-state index in [1.54, 1.807) is 26.2 Å². The molecule has 0 saturated carbocycles. The molecule has 0 aromatic heterocycles. The van der Waals surface area contributed by atoms with Crippen molar-refractivity contribution in [2.24, 2.45) is 5.92 Å². The first kappa shape index (κ1) is 25.6. The van der Waals surface area contributed by atoms with E-state index in [4.69, 9.17) is 14.2 Å². The monoisotopic (exact) mass is 492 g/mol. The Morgan fingerprint density at radius 3 is 2.42 bits per heavy atom. The molecule has 0 spiro atoms. The Hall–Kier alpha value is -3.48. The van der Waals surface area contributed by atoms with Gasteiger partial charge in [-0.05, 0) is 80.5 Å². The predicted octanol–water partition coefficient (Wildman–Crippen LogP) is 5.20. The molecule has 1 aliphatic heterocycles. The normalized spacial score (nSPS) is 19.9. The van der Waals surface area contributed by atoms with Gasteiger partial charge < -0.3 is 24.4 Å². The highest BCUT2D eigenvalue weighted by Crippen LogP contribution is 2.42. The summed E-state index contributed by atoms with van der Waals surface area (Å²) in [7, 11) is 4.78. The number of amides is 2. The fourth-order valence-corrected chi connectivity index (χ4v) is 5.24. The number of rotatable bonds is 9. The smallest absolute Gasteiger partial charge is 0.227 e. The minimum Gasteiger partial charge on any atom is -0.497 e. The number of nitrogens with one attached hydrogen (secondary N) is 1. The number of hydrogen-bond acceptors (Lipinski definition) is 5. The Labute approximate surface area is 213 Å². The molecule has 0 bridgehead atoms. The molecule has 2 aliphatic rings. The molecule has 7 heteroatoms. The zero-order valence-corrected chi connectivity index (χ0v) is 21.4. The number of methoxy groups -OCH3 is 3. The first-order valence-corrected chi connectivity index (χ1v) is 12.7. The Balaban J connectivity index is 1.65. The van der Waals surface area contributed by atoms with Gasteiger partial charge in [0.1, 0.15) is 5.75 Å². The predicted molar refractivity (Wildman–Crippen MR) is 140 cm³/mol. The molecule has 4 rings (SSSR count). The number of anilines is 1. The van der Waals surface area contributed by atoms with Gasteiger partial charge in [0, 0.05) is 18.7 Å². The van der Waals surface area contributed by atoms with Crippen molar-refractivity contribution in [3.8, 4) is 17.2 Å². The number of benzene rings is 2. The van der Waals surface area contributed by atoms with Crippen molar-refractivity contribution in [3.05, 3.63) is 59.7 Å². The number of nitrogens with zero attached hydrogens (tertiary/aromatic N) is 1. The van der Waals surface area contributed by atoms with Crippen molar-refractivity contribution >= 4 is 17.5 Å². The Kier molecular flexibility index (Phi) is 8.52. The summed E-state index contributed by atoms with van der Waals surface area (Å²) in [6, 6.07) is 12.5. The summed E-state index contributed by atoms with van der Waals surface area (Å²) in [5.41, 5.74) is 2.98. The molecule has 7 nitrogen and oxygen atoms in total. The maximum Gasteiger partial charge on any atom is 0.227 e. The average Bonchev–Trinajstić information content (AvgIpc) is 2.93. The van der Waals surface area contributed by atoms with E-state index in [-0.39, 0.29) is 11.8 Å². The van der Waals surface area contributed by atoms with Crippen LogP contribution in [-0.4, -0.2) is 39.7 Å². The van der Waals surface area contributed by atoms with Crippen LogP contribution in [0.3, 0.4) is 0 Å². The Bertz CT molecular complexity index is 1100. The first-order valence-electron chi connectivity index (χ1n) is 12.7. The lowest BCUT2D eigenvalue weighted by Crippen LogP contribution is -2.48. The number of allylic oxidation sites excluding steroid dienone is 1. The van der Waals surface area contributed by atoms with Crippen LogP contribution in [0.25, 0.3) is 0 Å². The van der Waals surface area contributed by atoms with Crippen LogP contribution in [0.1, 0.15) is 56.6 Å². The van der Waals surface area contributed by atoms with Gasteiger partial charge in [0.15, 0.2) is 11.5 Å². The van der Waals surface area contributed by atoms with E-state index in [2.05, 4.69) is 11.4 Å². The molecule has 2 amide bonds. The molecule has 192 valence electrons. The van der Waals surface area contributed by atoms with Gasteiger partial charge in [-0.3, -0.25) is 9.59 Å². The quantitative estimate of drug-likeness (QED) is 0.487. The van der Waals surface area contributed by atoms with Gasteiger partial charge in [0.05, 0.1) is 33.3 Å². The van der Waals surface area contributed by atoms with Crippen LogP contribution >= 0.6 is 0 Å². The highest BCUT2D eigenvalue weighted by molar-refractivity contribution is 5.97. The molecule has 1 N–H and O–H groups in total. The molecule has 2 aromatic carbocycles. The minimum absolute atomic E-state index is 0.0173. The molecule has 2 aromatic rings. The summed E-state index contributed by atoms with van der Waals surface area (Å²) in [6.07, 6.45) is 8.70. The van der Waals surface area contributed by atoms with E-state index < -0.39 is 12.0 Å². The summed E-state index contributed by atoms with van der Waals surface area (Å²) in [4.78, 5) is 28.6. The highest BCUT2D eigenvalue weighted by Gasteiger charge is 2.41. The summed E-state index contributed by atoms with van der Waals surface area (Å²) < 4.78 is 16.3. The number of ether oxygens (including phenoxy) is 3. The molecular formula is C29H36N2O5. The van der Waals surface area contributed by atoms with Crippen molar-refractivity contribution < 1.29 is 23.8 Å². The van der Waals surface area contributed by atoms with Gasteiger partial charge in [-0.25, -0.2) is 0 Å². The van der Waals surface area contributed by atoms with Crippen molar-refractivity contribution in [1.82, 2.24) is 5.32 Å². The van der Waals surface area contributed by atoms with E-state index >= 15 is 0 Å². The van der Waals surface area contributed by atoms with Crippen molar-refractivity contribution in [3.63, 3.8) is 0 Å². The fourth-order valence-electron chi connectivity index (χ4n) is 5.24. The summed E-state index contributed by atoms with van der Waals surface area (Å²) in [5, 5.41) is 3.16. The Morgan fingerprint density at radius 1 is 0.972 bits per heavy atom. The van der Waals surface area contributed by atoms with E-state index in [0.29, 0.717) is 36.6 Å². The van der Waals surface area contributed by atoms with Gasteiger partial charge in [0.25, 0.3) is 0 Å². The summed E-state index contributed by atoms with van der Waals surface area (Å²) >= 11 is 0. The third kappa shape index (κ3) is 5.66. The molecule has 1 fully saturated rings. The van der Waals surface area contributed by atoms with Crippen LogP contribution in [-0.2, 0) is 9.59 Å². The van der Waals surface area contributed by atoms with Gasteiger partial charge in [-0.1, -0.05) is 17.7 Å². The maximum absolute atomic E-state index is 13.5. The van der Waals surface area contributed by atoms with Gasteiger partial charge in [-0.15, -0.1) is 0 Å². The third-order valence-corrected chi connectivity index (χ3v) is 7.16. The highest BCUT2D eigenvalue weighted by atomic mass is 16.5. The second kappa shape index (κ2) is 12.0. The van der Waals surface area contributed by atoms with Crippen LogP contribution in [0.4, 0.5) is 5.69 Å². The molecule has 36 heavy (non-hydrogen) atoms. The van der Waals surface area contributed by atoms with Crippen LogP contribution in [0.2, 0.25) is 0 Å². The standard InChI is InChI=1S/C29H36N2O5/c1-34-23-12-10-22(11-13-23)31-27(32)16-14-24(29(33)30-18-17-20-7-5-4-6-8-20)28(31)21-9-15-25(35-2)26(19-21)36-3/h7,9-13,15,19,24,28H,4-6,8,14,16-18H2,1-3H3,(H,30,33). The minimum atomic E-state index is -0.478. The number of hydrogen-bond donors (Lipinski definition) is 1. The van der Waals surface area contributed by atoms with Crippen LogP contribution in [0.15, 0.2) is 54.1 Å². The number of carbonyl (C=O) groups is 2. The van der Waals surface area contributed by atoms with Crippen molar-refractivity contribution in [2.75, 3.05) is 32.8 Å². The van der Waals surface area contributed by atoms with Gasteiger partial charge >= 0.3 is 0 Å². The van der Waals surface area contributed by atoms with Crippen molar-refractivity contribution in [1.29, 1.82) is 0 Å². The van der Waals surface area contributed by atoms with E-state index in [9.17, 15) is 9.59 Å². The molecule has 0 radical (unpaired) electrons. The van der Waals surface area contributed by atoms with Crippen LogP contribution in [0, 0.1) is 5.92 Å². The topological polar surface area (TPSA) is 77.1 Å². The zero-order valence-electron chi connectivity index (χ0n) is 21.4. The lowest BCUT2D eigenvalue weighted by Gasteiger charge is -2.41. The van der Waals surface area contributed by atoms with Gasteiger partial charge in [0.2, 0.25) is 11.8 Å². The summed E-state index contributed by atoms with van der Waals surface area (Å²) in [5.74, 6) is 1.42. The Morgan fingerprint density at radius 2 is 1.75 bits per heavy atom. The second-order valence-electron chi connectivity index (χ2n) is 9.32. The molecule has 1 saturated heterocycles. The molecule has 2 unspecified atom stereocenters. The maximum atomic E-state index is 13.5. The third-order valence-electron chi connectivity index (χ3n) is 7.16. The second-order valence-corrected chi connectivity index (χ2v) is 9.32. The molecular weight excluding hydrogens is 456 g/mol. The van der Waals surface area contributed by atoms with Crippen molar-refractivity contribution in [2.45, 2.75) is 51.0 Å². The SMILES string of the molecule is COc1ccc(N2C(=O)CCC(C(=O)NCCC3=CCCCC3)C2c2ccc(OC)c(OC)c2)cc1. The summed E-state index contributed by atoms with van der Waals surface area (Å²) in [6.45, 7) is 0.607. The van der Waals surface area contributed by atoms with Crippen LogP contribution < -0.4 is 24.4 Å². The lowest BCUT2D eigenvalue weighted by atomic mass is 9.83. The van der Waals surface area contributed by atoms with E-state index in [0.717, 1.165) is 30.5 Å². The number of carbonyl (C=O) groups excluding carboxylic acids is 2.